The van der Waals surface area contributed by atoms with Crippen LogP contribution in [0.25, 0.3) is 0 Å². The lowest BCUT2D eigenvalue weighted by Gasteiger charge is -2.13. The standard InChI is InChI=1S/C19H19BN4O2/c1-12-5-3-4-6-17(12)23-18-13(2)10-21-19(24-18)22-15-7-8-16-14(9-15)11-26-20(16)25/h3-10,25H,11H2,1-2H3,(H2,21,22,23,24). The second kappa shape index (κ2) is 6.78. The minimum atomic E-state index is -0.834. The first-order valence-electron chi connectivity index (χ1n) is 8.46. The van der Waals surface area contributed by atoms with E-state index in [1.165, 1.54) is 0 Å². The van der Waals surface area contributed by atoms with Crippen molar-refractivity contribution in [3.8, 4) is 0 Å². The Morgan fingerprint density at radius 3 is 2.77 bits per heavy atom. The Bertz CT molecular complexity index is 964. The highest BCUT2D eigenvalue weighted by Crippen LogP contribution is 2.23. The molecule has 0 amide bonds. The van der Waals surface area contributed by atoms with Gasteiger partial charge in [0.2, 0.25) is 5.95 Å². The van der Waals surface area contributed by atoms with Crippen molar-refractivity contribution in [2.75, 3.05) is 10.6 Å². The molecule has 0 atom stereocenters. The summed E-state index contributed by atoms with van der Waals surface area (Å²) in [5.74, 6) is 1.27. The monoisotopic (exact) mass is 346 g/mol. The van der Waals surface area contributed by atoms with Crippen LogP contribution in [0.2, 0.25) is 0 Å². The van der Waals surface area contributed by atoms with Gasteiger partial charge in [-0.15, -0.1) is 0 Å². The number of fused-ring (bicyclic) bond motifs is 1. The summed E-state index contributed by atoms with van der Waals surface area (Å²) in [6.45, 7) is 4.43. The molecule has 7 heteroatoms. The van der Waals surface area contributed by atoms with E-state index in [0.717, 1.165) is 39.3 Å². The Labute approximate surface area is 152 Å². The maximum atomic E-state index is 9.72. The van der Waals surface area contributed by atoms with Gasteiger partial charge >= 0.3 is 7.12 Å². The van der Waals surface area contributed by atoms with E-state index >= 15 is 0 Å². The second-order valence-corrected chi connectivity index (χ2v) is 6.37. The van der Waals surface area contributed by atoms with Crippen molar-refractivity contribution in [2.24, 2.45) is 0 Å². The van der Waals surface area contributed by atoms with E-state index in [1.807, 2.05) is 43.3 Å². The van der Waals surface area contributed by atoms with Gasteiger partial charge in [0.1, 0.15) is 5.82 Å². The molecule has 0 fully saturated rings. The minimum absolute atomic E-state index is 0.404. The topological polar surface area (TPSA) is 79.3 Å². The van der Waals surface area contributed by atoms with Crippen LogP contribution in [-0.4, -0.2) is 22.1 Å². The number of aryl methyl sites for hydroxylation is 2. The summed E-state index contributed by atoms with van der Waals surface area (Å²) < 4.78 is 5.23. The van der Waals surface area contributed by atoms with E-state index in [9.17, 15) is 5.02 Å². The molecule has 1 aromatic heterocycles. The molecule has 0 unspecified atom stereocenters. The summed E-state index contributed by atoms with van der Waals surface area (Å²) in [6.07, 6.45) is 1.79. The first-order chi connectivity index (χ1) is 12.6. The van der Waals surface area contributed by atoms with Crippen molar-refractivity contribution < 1.29 is 9.68 Å². The van der Waals surface area contributed by atoms with Crippen molar-refractivity contribution in [1.82, 2.24) is 9.97 Å². The molecular formula is C19H19BN4O2. The molecule has 0 saturated heterocycles. The van der Waals surface area contributed by atoms with Crippen LogP contribution < -0.4 is 16.1 Å². The third-order valence-corrected chi connectivity index (χ3v) is 4.43. The highest BCUT2D eigenvalue weighted by Gasteiger charge is 2.27. The van der Waals surface area contributed by atoms with Crippen LogP contribution in [0.4, 0.5) is 23.1 Å². The zero-order valence-corrected chi connectivity index (χ0v) is 14.7. The molecule has 1 aliphatic rings. The number of nitrogens with one attached hydrogen (secondary N) is 2. The van der Waals surface area contributed by atoms with Crippen molar-refractivity contribution in [3.05, 3.63) is 65.4 Å². The Kier molecular flexibility index (Phi) is 4.32. The number of aromatic nitrogens is 2. The summed E-state index contributed by atoms with van der Waals surface area (Å²) in [7, 11) is -0.834. The molecule has 0 bridgehead atoms. The van der Waals surface area contributed by atoms with Gasteiger partial charge in [0, 0.05) is 23.1 Å². The fourth-order valence-corrected chi connectivity index (χ4v) is 2.91. The first-order valence-corrected chi connectivity index (χ1v) is 8.46. The molecule has 3 N–H and O–H groups in total. The molecular weight excluding hydrogens is 327 g/mol. The van der Waals surface area contributed by atoms with Crippen LogP contribution in [0.3, 0.4) is 0 Å². The van der Waals surface area contributed by atoms with Gasteiger partial charge in [0.25, 0.3) is 0 Å². The van der Waals surface area contributed by atoms with Crippen LogP contribution >= 0.6 is 0 Å². The average molecular weight is 346 g/mol. The number of hydrogen-bond donors (Lipinski definition) is 3. The van der Waals surface area contributed by atoms with Crippen molar-refractivity contribution in [2.45, 2.75) is 20.5 Å². The highest BCUT2D eigenvalue weighted by molar-refractivity contribution is 6.61. The molecule has 0 aliphatic carbocycles. The number of para-hydroxylation sites is 1. The third kappa shape index (κ3) is 3.27. The lowest BCUT2D eigenvalue weighted by molar-refractivity contribution is 0.275. The second-order valence-electron chi connectivity index (χ2n) is 6.37. The van der Waals surface area contributed by atoms with Crippen LogP contribution in [0.5, 0.6) is 0 Å². The van der Waals surface area contributed by atoms with Crippen molar-refractivity contribution >= 4 is 35.7 Å². The first kappa shape index (κ1) is 16.6. The highest BCUT2D eigenvalue weighted by atomic mass is 16.5. The SMILES string of the molecule is Cc1ccccc1Nc1nc(Nc2ccc3c(c2)COB3O)ncc1C. The lowest BCUT2D eigenvalue weighted by atomic mass is 9.79. The van der Waals surface area contributed by atoms with Gasteiger partial charge in [0.15, 0.2) is 0 Å². The zero-order valence-electron chi connectivity index (χ0n) is 14.7. The fourth-order valence-electron chi connectivity index (χ4n) is 2.91. The van der Waals surface area contributed by atoms with E-state index in [2.05, 4.69) is 33.6 Å². The predicted molar refractivity (Wildman–Crippen MR) is 103 cm³/mol. The Hall–Kier alpha value is -2.90. The summed E-state index contributed by atoms with van der Waals surface area (Å²) in [5.41, 5.74) is 5.76. The molecule has 0 spiro atoms. The van der Waals surface area contributed by atoms with Gasteiger partial charge in [-0.05, 0) is 48.6 Å². The van der Waals surface area contributed by atoms with Gasteiger partial charge in [-0.25, -0.2) is 4.98 Å². The van der Waals surface area contributed by atoms with Gasteiger partial charge in [-0.2, -0.15) is 4.98 Å². The quantitative estimate of drug-likeness (QED) is 0.631. The van der Waals surface area contributed by atoms with Gasteiger partial charge in [0.05, 0.1) is 6.61 Å². The molecule has 6 nitrogen and oxygen atoms in total. The van der Waals surface area contributed by atoms with Gasteiger partial charge in [-0.1, -0.05) is 24.3 Å². The van der Waals surface area contributed by atoms with E-state index in [1.54, 1.807) is 6.20 Å². The van der Waals surface area contributed by atoms with Crippen LogP contribution in [0.1, 0.15) is 16.7 Å². The van der Waals surface area contributed by atoms with Gasteiger partial charge in [-0.3, -0.25) is 0 Å². The smallest absolute Gasteiger partial charge is 0.423 e. The van der Waals surface area contributed by atoms with Crippen LogP contribution in [-0.2, 0) is 11.3 Å². The Morgan fingerprint density at radius 1 is 1.08 bits per heavy atom. The van der Waals surface area contributed by atoms with Crippen LogP contribution in [0.15, 0.2) is 48.7 Å². The average Bonchev–Trinajstić information content (AvgIpc) is 3.00. The van der Waals surface area contributed by atoms with Crippen LogP contribution in [0, 0.1) is 13.8 Å². The maximum absolute atomic E-state index is 9.72. The summed E-state index contributed by atoms with van der Waals surface area (Å²) in [5, 5.41) is 16.3. The number of rotatable bonds is 4. The number of nitrogens with zero attached hydrogens (tertiary/aromatic N) is 2. The lowest BCUT2D eigenvalue weighted by Crippen LogP contribution is -2.27. The Morgan fingerprint density at radius 2 is 1.92 bits per heavy atom. The van der Waals surface area contributed by atoms with E-state index in [-0.39, 0.29) is 0 Å². The van der Waals surface area contributed by atoms with E-state index in [4.69, 9.17) is 4.65 Å². The summed E-state index contributed by atoms with van der Waals surface area (Å²) in [6, 6.07) is 13.8. The number of benzene rings is 2. The molecule has 0 saturated carbocycles. The normalized spacial score (nSPS) is 12.8. The molecule has 26 heavy (non-hydrogen) atoms. The zero-order chi connectivity index (χ0) is 18.1. The van der Waals surface area contributed by atoms with E-state index < -0.39 is 7.12 Å². The molecule has 0 radical (unpaired) electrons. The number of anilines is 4. The van der Waals surface area contributed by atoms with Gasteiger partial charge < -0.3 is 20.3 Å². The maximum Gasteiger partial charge on any atom is 0.491 e. The van der Waals surface area contributed by atoms with Crippen molar-refractivity contribution in [1.29, 1.82) is 0 Å². The summed E-state index contributed by atoms with van der Waals surface area (Å²) >= 11 is 0. The molecule has 2 heterocycles. The molecule has 2 aromatic carbocycles. The summed E-state index contributed by atoms with van der Waals surface area (Å²) in [4.78, 5) is 8.96. The molecule has 1 aliphatic heterocycles. The number of hydrogen-bond acceptors (Lipinski definition) is 6. The minimum Gasteiger partial charge on any atom is -0.423 e. The molecule has 4 rings (SSSR count). The third-order valence-electron chi connectivity index (χ3n) is 4.43. The molecule has 3 aromatic rings. The largest absolute Gasteiger partial charge is 0.491 e. The van der Waals surface area contributed by atoms with Crippen molar-refractivity contribution in [3.63, 3.8) is 0 Å². The Balaban J connectivity index is 1.57. The molecule has 130 valence electrons. The predicted octanol–water partition coefficient (Wildman–Crippen LogP) is 2.80. The fraction of sp³-hybridized carbons (Fsp3) is 0.158. The van der Waals surface area contributed by atoms with E-state index in [0.29, 0.717) is 12.6 Å².